The number of methoxy groups -OCH3 is 1. The molecule has 15 heavy (non-hydrogen) atoms. The molecule has 0 atom stereocenters. The predicted molar refractivity (Wildman–Crippen MR) is 63.8 cm³/mol. The SMILES string of the molecule is COC(=O)c1cc(I)n(C2CCCC2)n1. The van der Waals surface area contributed by atoms with Crippen LogP contribution in [-0.4, -0.2) is 22.9 Å². The lowest BCUT2D eigenvalue weighted by molar-refractivity contribution is 0.0592. The first-order chi connectivity index (χ1) is 7.22. The van der Waals surface area contributed by atoms with Gasteiger partial charge in [0.25, 0.3) is 0 Å². The number of hydrogen-bond acceptors (Lipinski definition) is 3. The molecule has 2 rings (SSSR count). The highest BCUT2D eigenvalue weighted by Gasteiger charge is 2.22. The Morgan fingerprint density at radius 3 is 2.87 bits per heavy atom. The zero-order valence-electron chi connectivity index (χ0n) is 8.57. The molecule has 0 saturated heterocycles. The third kappa shape index (κ3) is 2.16. The van der Waals surface area contributed by atoms with Gasteiger partial charge in [0.1, 0.15) is 3.70 Å². The van der Waals surface area contributed by atoms with E-state index in [0.717, 1.165) is 16.5 Å². The average molecular weight is 320 g/mol. The number of rotatable bonds is 2. The molecule has 4 nitrogen and oxygen atoms in total. The van der Waals surface area contributed by atoms with Crippen LogP contribution in [0, 0.1) is 3.70 Å². The van der Waals surface area contributed by atoms with Crippen LogP contribution in [0.15, 0.2) is 6.07 Å². The number of hydrogen-bond donors (Lipinski definition) is 0. The highest BCUT2D eigenvalue weighted by atomic mass is 127. The van der Waals surface area contributed by atoms with Crippen LogP contribution in [0.5, 0.6) is 0 Å². The molecule has 1 aromatic heterocycles. The fourth-order valence-corrected chi connectivity index (χ4v) is 2.78. The van der Waals surface area contributed by atoms with Crippen molar-refractivity contribution >= 4 is 28.6 Å². The Labute approximate surface area is 102 Å². The van der Waals surface area contributed by atoms with Crippen LogP contribution in [0.25, 0.3) is 0 Å². The summed E-state index contributed by atoms with van der Waals surface area (Å²) >= 11 is 2.21. The fraction of sp³-hybridized carbons (Fsp3) is 0.600. The minimum absolute atomic E-state index is 0.357. The van der Waals surface area contributed by atoms with Crippen LogP contribution in [-0.2, 0) is 4.74 Å². The standard InChI is InChI=1S/C10H13IN2O2/c1-15-10(14)8-6-9(11)13(12-8)7-4-2-3-5-7/h6-7H,2-5H2,1H3. The smallest absolute Gasteiger partial charge is 0.358 e. The van der Waals surface area contributed by atoms with E-state index in [1.807, 2.05) is 4.68 Å². The Morgan fingerprint density at radius 1 is 1.60 bits per heavy atom. The Balaban J connectivity index is 2.24. The van der Waals surface area contributed by atoms with E-state index in [0.29, 0.717) is 11.7 Å². The molecule has 0 aromatic carbocycles. The van der Waals surface area contributed by atoms with E-state index in [1.165, 1.54) is 20.0 Å². The number of nitrogens with zero attached hydrogens (tertiary/aromatic N) is 2. The summed E-state index contributed by atoms with van der Waals surface area (Å²) < 4.78 is 7.62. The number of carbonyl (C=O) groups excluding carboxylic acids is 1. The van der Waals surface area contributed by atoms with Crippen LogP contribution in [0.4, 0.5) is 0 Å². The van der Waals surface area contributed by atoms with Gasteiger partial charge in [0, 0.05) is 6.07 Å². The molecule has 1 fully saturated rings. The second-order valence-electron chi connectivity index (χ2n) is 3.73. The summed E-state index contributed by atoms with van der Waals surface area (Å²) in [6.45, 7) is 0. The Bertz CT molecular complexity index is 369. The van der Waals surface area contributed by atoms with Crippen molar-refractivity contribution in [3.8, 4) is 0 Å². The molecule has 1 aliphatic carbocycles. The molecule has 1 aliphatic rings. The molecule has 5 heteroatoms. The van der Waals surface area contributed by atoms with Gasteiger partial charge in [-0.3, -0.25) is 4.68 Å². The number of ether oxygens (including phenoxy) is 1. The molecule has 82 valence electrons. The van der Waals surface area contributed by atoms with Crippen LogP contribution < -0.4 is 0 Å². The Hall–Kier alpha value is -0.590. The van der Waals surface area contributed by atoms with E-state index < -0.39 is 0 Å². The average Bonchev–Trinajstić information content (AvgIpc) is 2.84. The summed E-state index contributed by atoms with van der Waals surface area (Å²) in [6.07, 6.45) is 4.85. The maximum atomic E-state index is 11.3. The van der Waals surface area contributed by atoms with Crippen molar-refractivity contribution in [2.24, 2.45) is 0 Å². The summed E-state index contributed by atoms with van der Waals surface area (Å²) in [6, 6.07) is 2.25. The van der Waals surface area contributed by atoms with E-state index in [4.69, 9.17) is 0 Å². The van der Waals surface area contributed by atoms with Crippen LogP contribution in [0.3, 0.4) is 0 Å². The van der Waals surface area contributed by atoms with Crippen molar-refractivity contribution in [3.63, 3.8) is 0 Å². The minimum Gasteiger partial charge on any atom is -0.464 e. The van der Waals surface area contributed by atoms with Crippen molar-refractivity contribution in [2.45, 2.75) is 31.7 Å². The van der Waals surface area contributed by atoms with Gasteiger partial charge in [-0.25, -0.2) is 4.79 Å². The topological polar surface area (TPSA) is 44.1 Å². The van der Waals surface area contributed by atoms with Gasteiger partial charge in [-0.15, -0.1) is 0 Å². The van der Waals surface area contributed by atoms with Crippen molar-refractivity contribution < 1.29 is 9.53 Å². The molecule has 1 heterocycles. The lowest BCUT2D eigenvalue weighted by Crippen LogP contribution is -2.10. The first-order valence-corrected chi connectivity index (χ1v) is 6.13. The van der Waals surface area contributed by atoms with E-state index in [9.17, 15) is 4.79 Å². The second-order valence-corrected chi connectivity index (χ2v) is 4.83. The van der Waals surface area contributed by atoms with Gasteiger partial charge in [-0.1, -0.05) is 12.8 Å². The summed E-state index contributed by atoms with van der Waals surface area (Å²) in [5.74, 6) is -0.357. The highest BCUT2D eigenvalue weighted by Crippen LogP contribution is 2.30. The number of halogens is 1. The predicted octanol–water partition coefficient (Wildman–Crippen LogP) is 2.39. The number of aromatic nitrogens is 2. The normalized spacial score (nSPS) is 16.9. The molecule has 0 spiro atoms. The molecule has 0 bridgehead atoms. The zero-order chi connectivity index (χ0) is 10.8. The van der Waals surface area contributed by atoms with Gasteiger partial charge in [-0.05, 0) is 35.4 Å². The van der Waals surface area contributed by atoms with E-state index in [1.54, 1.807) is 6.07 Å². The molecule has 0 radical (unpaired) electrons. The zero-order valence-corrected chi connectivity index (χ0v) is 10.7. The molecular weight excluding hydrogens is 307 g/mol. The number of esters is 1. The Morgan fingerprint density at radius 2 is 2.27 bits per heavy atom. The van der Waals surface area contributed by atoms with Crippen molar-refractivity contribution in [1.82, 2.24) is 9.78 Å². The summed E-state index contributed by atoms with van der Waals surface area (Å²) in [5.41, 5.74) is 0.411. The largest absolute Gasteiger partial charge is 0.464 e. The molecule has 0 N–H and O–H groups in total. The van der Waals surface area contributed by atoms with E-state index in [-0.39, 0.29) is 5.97 Å². The fourth-order valence-electron chi connectivity index (χ4n) is 1.98. The lowest BCUT2D eigenvalue weighted by Gasteiger charge is -2.10. The van der Waals surface area contributed by atoms with Gasteiger partial charge in [0.05, 0.1) is 13.2 Å². The van der Waals surface area contributed by atoms with Crippen LogP contribution >= 0.6 is 22.6 Å². The van der Waals surface area contributed by atoms with E-state index in [2.05, 4.69) is 32.4 Å². The maximum Gasteiger partial charge on any atom is 0.358 e. The third-order valence-electron chi connectivity index (χ3n) is 2.76. The highest BCUT2D eigenvalue weighted by molar-refractivity contribution is 14.1. The van der Waals surface area contributed by atoms with Gasteiger partial charge >= 0.3 is 5.97 Å². The first-order valence-electron chi connectivity index (χ1n) is 5.05. The molecule has 1 aromatic rings. The first kappa shape index (κ1) is 10.9. The van der Waals surface area contributed by atoms with Crippen molar-refractivity contribution in [2.75, 3.05) is 7.11 Å². The summed E-state index contributed by atoms with van der Waals surface area (Å²) in [7, 11) is 1.38. The monoisotopic (exact) mass is 320 g/mol. The van der Waals surface area contributed by atoms with Gasteiger partial charge < -0.3 is 4.74 Å². The second kappa shape index (κ2) is 4.51. The molecular formula is C10H13IN2O2. The van der Waals surface area contributed by atoms with E-state index >= 15 is 0 Å². The molecule has 0 aliphatic heterocycles. The van der Waals surface area contributed by atoms with Gasteiger partial charge in [-0.2, -0.15) is 5.10 Å². The minimum atomic E-state index is -0.357. The molecule has 0 unspecified atom stereocenters. The lowest BCUT2D eigenvalue weighted by atomic mass is 10.3. The number of carbonyl (C=O) groups is 1. The molecule has 1 saturated carbocycles. The molecule has 0 amide bonds. The summed E-state index contributed by atoms with van der Waals surface area (Å²) in [4.78, 5) is 11.3. The Kier molecular flexibility index (Phi) is 3.28. The van der Waals surface area contributed by atoms with Crippen molar-refractivity contribution in [3.05, 3.63) is 15.5 Å². The van der Waals surface area contributed by atoms with Crippen molar-refractivity contribution in [1.29, 1.82) is 0 Å². The van der Waals surface area contributed by atoms with Gasteiger partial charge in [0.2, 0.25) is 0 Å². The maximum absolute atomic E-state index is 11.3. The van der Waals surface area contributed by atoms with Crippen LogP contribution in [0.1, 0.15) is 42.2 Å². The summed E-state index contributed by atoms with van der Waals surface area (Å²) in [5, 5.41) is 4.30. The quantitative estimate of drug-likeness (QED) is 0.621. The van der Waals surface area contributed by atoms with Crippen LogP contribution in [0.2, 0.25) is 0 Å². The third-order valence-corrected chi connectivity index (χ3v) is 3.56. The van der Waals surface area contributed by atoms with Gasteiger partial charge in [0.15, 0.2) is 5.69 Å².